The SMILES string of the molecule is C=CC(N)=O.C=CC(N)=O.CC(C)=O.CC(C)=O.[Na]. The number of rotatable bonds is 2. The number of hydrogen-bond donors (Lipinski definition) is 2. The Labute approximate surface area is 136 Å². The topological polar surface area (TPSA) is 120 Å². The largest absolute Gasteiger partial charge is 0.366 e. The monoisotopic (exact) mass is 281 g/mol. The third kappa shape index (κ3) is 479. The first-order valence-corrected chi connectivity index (χ1v) is 4.79. The molecule has 2 amide bonds. The summed E-state index contributed by atoms with van der Waals surface area (Å²) in [5.74, 6) is -0.630. The second-order valence-corrected chi connectivity index (χ2v) is 3.03. The summed E-state index contributed by atoms with van der Waals surface area (Å²) in [5, 5.41) is 0. The molecule has 7 heteroatoms. The van der Waals surface area contributed by atoms with E-state index in [4.69, 9.17) is 0 Å². The zero-order chi connectivity index (χ0) is 15.7. The Bertz CT molecular complexity index is 264. The minimum absolute atomic E-state index is 0. The average Bonchev–Trinajstić information content (AvgIpc) is 2.16. The van der Waals surface area contributed by atoms with Gasteiger partial charge < -0.3 is 21.1 Å². The summed E-state index contributed by atoms with van der Waals surface area (Å²) in [6.45, 7) is 12.3. The van der Waals surface area contributed by atoms with Gasteiger partial charge in [0.05, 0.1) is 0 Å². The van der Waals surface area contributed by atoms with E-state index in [1.807, 2.05) is 0 Å². The van der Waals surface area contributed by atoms with E-state index < -0.39 is 11.8 Å². The molecule has 0 aliphatic heterocycles. The molecule has 0 aliphatic carbocycles. The number of amides is 2. The maximum absolute atomic E-state index is 9.47. The number of carbonyl (C=O) groups is 4. The van der Waals surface area contributed by atoms with Crippen molar-refractivity contribution in [2.45, 2.75) is 27.7 Å². The minimum atomic E-state index is -0.481. The van der Waals surface area contributed by atoms with Crippen LogP contribution in [-0.2, 0) is 19.2 Å². The summed E-state index contributed by atoms with van der Waals surface area (Å²) in [5.41, 5.74) is 9.07. The Morgan fingerprint density at radius 1 is 0.737 bits per heavy atom. The van der Waals surface area contributed by atoms with Crippen LogP contribution < -0.4 is 11.5 Å². The summed E-state index contributed by atoms with van der Waals surface area (Å²) in [6, 6.07) is 0. The van der Waals surface area contributed by atoms with E-state index in [1.165, 1.54) is 27.7 Å². The van der Waals surface area contributed by atoms with Crippen LogP contribution in [-0.4, -0.2) is 52.9 Å². The smallest absolute Gasteiger partial charge is 0.240 e. The fourth-order valence-electron chi connectivity index (χ4n) is 0. The number of carbonyl (C=O) groups excluding carboxylic acids is 4. The summed E-state index contributed by atoms with van der Waals surface area (Å²) < 4.78 is 0. The van der Waals surface area contributed by atoms with Crippen molar-refractivity contribution in [3.63, 3.8) is 0 Å². The fraction of sp³-hybridized carbons (Fsp3) is 0.333. The molecule has 19 heavy (non-hydrogen) atoms. The number of ketones is 2. The Balaban J connectivity index is -0.0000000453. The summed E-state index contributed by atoms with van der Waals surface area (Å²) in [4.78, 5) is 37.8. The first kappa shape index (κ1) is 30.6. The zero-order valence-electron chi connectivity index (χ0n) is 12.4. The van der Waals surface area contributed by atoms with Gasteiger partial charge in [0.15, 0.2) is 0 Å². The molecule has 0 saturated carbocycles. The van der Waals surface area contributed by atoms with E-state index in [2.05, 4.69) is 24.6 Å². The fourth-order valence-corrected chi connectivity index (χ4v) is 0. The van der Waals surface area contributed by atoms with Crippen LogP contribution in [0, 0.1) is 0 Å². The van der Waals surface area contributed by atoms with Crippen molar-refractivity contribution in [2.75, 3.05) is 0 Å². The van der Waals surface area contributed by atoms with E-state index in [0.29, 0.717) is 0 Å². The maximum Gasteiger partial charge on any atom is 0.240 e. The second-order valence-electron chi connectivity index (χ2n) is 3.03. The van der Waals surface area contributed by atoms with Gasteiger partial charge in [0.25, 0.3) is 0 Å². The van der Waals surface area contributed by atoms with Crippen LogP contribution in [0.1, 0.15) is 27.7 Å². The summed E-state index contributed by atoms with van der Waals surface area (Å²) in [6.07, 6.45) is 2.11. The maximum atomic E-state index is 9.47. The molecule has 0 bridgehead atoms. The molecule has 6 nitrogen and oxygen atoms in total. The predicted octanol–water partition coefficient (Wildman–Crippen LogP) is 0.125. The van der Waals surface area contributed by atoms with Gasteiger partial charge in [-0.1, -0.05) is 13.2 Å². The molecule has 0 saturated heterocycles. The van der Waals surface area contributed by atoms with Crippen molar-refractivity contribution in [1.29, 1.82) is 0 Å². The van der Waals surface area contributed by atoms with Gasteiger partial charge in [0.2, 0.25) is 11.8 Å². The van der Waals surface area contributed by atoms with Crippen molar-refractivity contribution in [3.8, 4) is 0 Å². The number of primary amides is 2. The molecule has 0 spiro atoms. The molecular weight excluding hydrogens is 259 g/mol. The van der Waals surface area contributed by atoms with Crippen LogP contribution >= 0.6 is 0 Å². The first-order chi connectivity index (χ1) is 8.00. The van der Waals surface area contributed by atoms with Gasteiger partial charge in [-0.25, -0.2) is 0 Å². The molecule has 105 valence electrons. The van der Waals surface area contributed by atoms with Crippen molar-refractivity contribution in [3.05, 3.63) is 25.3 Å². The third-order valence-electron chi connectivity index (χ3n) is 0.402. The van der Waals surface area contributed by atoms with E-state index in [-0.39, 0.29) is 41.1 Å². The van der Waals surface area contributed by atoms with Crippen LogP contribution in [0.25, 0.3) is 0 Å². The van der Waals surface area contributed by atoms with E-state index in [0.717, 1.165) is 12.2 Å². The Morgan fingerprint density at radius 3 is 0.789 bits per heavy atom. The van der Waals surface area contributed by atoms with Crippen LogP contribution in [0.3, 0.4) is 0 Å². The Kier molecular flexibility index (Phi) is 41.2. The molecule has 0 atom stereocenters. The summed E-state index contributed by atoms with van der Waals surface area (Å²) >= 11 is 0. The van der Waals surface area contributed by atoms with Gasteiger partial charge >= 0.3 is 0 Å². The van der Waals surface area contributed by atoms with Gasteiger partial charge in [-0.3, -0.25) is 9.59 Å². The predicted molar refractivity (Wildman–Crippen MR) is 77.2 cm³/mol. The van der Waals surface area contributed by atoms with Crippen molar-refractivity contribution in [2.24, 2.45) is 11.5 Å². The van der Waals surface area contributed by atoms with Crippen molar-refractivity contribution < 1.29 is 19.2 Å². The third-order valence-corrected chi connectivity index (χ3v) is 0.402. The molecule has 0 aromatic carbocycles. The molecule has 0 rings (SSSR count). The van der Waals surface area contributed by atoms with Gasteiger partial charge in [-0.2, -0.15) is 0 Å². The van der Waals surface area contributed by atoms with Crippen LogP contribution in [0.15, 0.2) is 25.3 Å². The quantitative estimate of drug-likeness (QED) is 0.551. The van der Waals surface area contributed by atoms with Crippen LogP contribution in [0.5, 0.6) is 0 Å². The van der Waals surface area contributed by atoms with E-state index in [1.54, 1.807) is 0 Å². The second kappa shape index (κ2) is 25.6. The molecule has 0 aromatic heterocycles. The van der Waals surface area contributed by atoms with Gasteiger partial charge in [-0.15, -0.1) is 0 Å². The number of Topliss-reactive ketones (excluding diaryl/α,β-unsaturated/α-hetero) is 2. The molecule has 0 fully saturated rings. The molecule has 0 heterocycles. The van der Waals surface area contributed by atoms with Crippen molar-refractivity contribution in [1.82, 2.24) is 0 Å². The molecule has 1 radical (unpaired) electrons. The van der Waals surface area contributed by atoms with E-state index >= 15 is 0 Å². The Hall–Kier alpha value is -1.24. The van der Waals surface area contributed by atoms with Gasteiger partial charge in [0.1, 0.15) is 11.6 Å². The molecule has 4 N–H and O–H groups in total. The molecule has 0 unspecified atom stereocenters. The van der Waals surface area contributed by atoms with E-state index in [9.17, 15) is 19.2 Å². The van der Waals surface area contributed by atoms with Gasteiger partial charge in [0, 0.05) is 29.6 Å². The molecular formula is C12H22N2NaO4. The van der Waals surface area contributed by atoms with Crippen LogP contribution in [0.4, 0.5) is 0 Å². The molecule has 0 aromatic rings. The Morgan fingerprint density at radius 2 is 0.789 bits per heavy atom. The van der Waals surface area contributed by atoms with Crippen LogP contribution in [0.2, 0.25) is 0 Å². The standard InChI is InChI=1S/2C3H5NO.2C3H6O.Na/c2*1-2-3(4)5;2*1-3(2)4;/h2*2H,1H2,(H2,4,5);2*1-2H3;. The average molecular weight is 281 g/mol. The number of nitrogens with two attached hydrogens (primary N) is 2. The zero-order valence-corrected chi connectivity index (χ0v) is 14.4. The summed E-state index contributed by atoms with van der Waals surface area (Å²) in [7, 11) is 0. The number of hydrogen-bond acceptors (Lipinski definition) is 4. The van der Waals surface area contributed by atoms with Gasteiger partial charge in [-0.05, 0) is 39.8 Å². The van der Waals surface area contributed by atoms with Crippen molar-refractivity contribution >= 4 is 52.9 Å². The minimum Gasteiger partial charge on any atom is -0.366 e. The first-order valence-electron chi connectivity index (χ1n) is 4.79. The molecule has 0 aliphatic rings. The normalized spacial score (nSPS) is 6.11.